The average Bonchev–Trinajstić information content (AvgIpc) is 2.27. The van der Waals surface area contributed by atoms with Crippen LogP contribution in [0.3, 0.4) is 0 Å². The van der Waals surface area contributed by atoms with Crippen LogP contribution in [0.15, 0.2) is 0 Å². The summed E-state index contributed by atoms with van der Waals surface area (Å²) in [6.45, 7) is 6.51. The van der Waals surface area contributed by atoms with E-state index in [1.54, 1.807) is 7.11 Å². The smallest absolute Gasteiger partial charge is 0.0667 e. The summed E-state index contributed by atoms with van der Waals surface area (Å²) in [5.74, 6) is 0. The first-order valence-electron chi connectivity index (χ1n) is 6.22. The molecule has 3 atom stereocenters. The molecule has 0 bridgehead atoms. The summed E-state index contributed by atoms with van der Waals surface area (Å²) in [5, 5.41) is 7.10. The minimum Gasteiger partial charge on any atom is -0.380 e. The Balaban J connectivity index is 2.08. The lowest BCUT2D eigenvalue weighted by molar-refractivity contribution is 0.114. The highest BCUT2D eigenvalue weighted by atomic mass is 16.5. The van der Waals surface area contributed by atoms with Crippen LogP contribution in [-0.2, 0) is 4.74 Å². The first kappa shape index (κ1) is 12.9. The second kappa shape index (κ2) is 7.20. The van der Waals surface area contributed by atoms with Crippen molar-refractivity contribution < 1.29 is 4.74 Å². The van der Waals surface area contributed by atoms with E-state index in [1.807, 2.05) is 0 Å². The van der Waals surface area contributed by atoms with Crippen molar-refractivity contribution in [3.63, 3.8) is 0 Å². The van der Waals surface area contributed by atoms with Gasteiger partial charge in [0.25, 0.3) is 0 Å². The fraction of sp³-hybridized carbons (Fsp3) is 1.00. The molecule has 3 nitrogen and oxygen atoms in total. The number of piperidine rings is 1. The first-order chi connectivity index (χ1) is 7.22. The predicted molar refractivity (Wildman–Crippen MR) is 64.2 cm³/mol. The van der Waals surface area contributed by atoms with Crippen LogP contribution in [0.4, 0.5) is 0 Å². The molecule has 1 aliphatic rings. The first-order valence-corrected chi connectivity index (χ1v) is 6.22. The van der Waals surface area contributed by atoms with E-state index < -0.39 is 0 Å². The van der Waals surface area contributed by atoms with E-state index in [1.165, 1.54) is 32.2 Å². The number of rotatable bonds is 6. The molecule has 0 aromatic heterocycles. The third kappa shape index (κ3) is 5.50. The summed E-state index contributed by atoms with van der Waals surface area (Å²) < 4.78 is 5.21. The Hall–Kier alpha value is -0.120. The van der Waals surface area contributed by atoms with Crippen molar-refractivity contribution in [3.05, 3.63) is 0 Å². The highest BCUT2D eigenvalue weighted by Crippen LogP contribution is 2.11. The summed E-state index contributed by atoms with van der Waals surface area (Å²) in [6.07, 6.45) is 5.62. The van der Waals surface area contributed by atoms with E-state index in [-0.39, 0.29) is 0 Å². The van der Waals surface area contributed by atoms with Crippen molar-refractivity contribution in [2.24, 2.45) is 0 Å². The lowest BCUT2D eigenvalue weighted by atomic mass is 9.99. The summed E-state index contributed by atoms with van der Waals surface area (Å²) in [4.78, 5) is 0. The Bertz CT molecular complexity index is 158. The topological polar surface area (TPSA) is 33.3 Å². The highest BCUT2D eigenvalue weighted by molar-refractivity contribution is 4.77. The summed E-state index contributed by atoms with van der Waals surface area (Å²) >= 11 is 0. The second-order valence-corrected chi connectivity index (χ2v) is 4.74. The Labute approximate surface area is 94.0 Å². The van der Waals surface area contributed by atoms with Gasteiger partial charge in [-0.2, -0.15) is 0 Å². The van der Waals surface area contributed by atoms with Crippen molar-refractivity contribution in [1.29, 1.82) is 0 Å². The minimum atomic E-state index is 0.312. The molecule has 0 amide bonds. The highest BCUT2D eigenvalue weighted by Gasteiger charge is 2.15. The summed E-state index contributed by atoms with van der Waals surface area (Å²) in [5.41, 5.74) is 0. The molecule has 0 spiro atoms. The largest absolute Gasteiger partial charge is 0.380 e. The van der Waals surface area contributed by atoms with Crippen LogP contribution in [-0.4, -0.2) is 38.4 Å². The predicted octanol–water partition coefficient (Wildman–Crippen LogP) is 1.53. The number of methoxy groups -OCH3 is 1. The molecule has 3 heteroatoms. The van der Waals surface area contributed by atoms with Gasteiger partial charge in [-0.05, 0) is 39.7 Å². The van der Waals surface area contributed by atoms with Gasteiger partial charge in [-0.25, -0.2) is 0 Å². The van der Waals surface area contributed by atoms with Gasteiger partial charge in [0.2, 0.25) is 0 Å². The Morgan fingerprint density at radius 3 is 2.80 bits per heavy atom. The number of ether oxygens (including phenoxy) is 1. The lowest BCUT2D eigenvalue weighted by Gasteiger charge is -2.27. The van der Waals surface area contributed by atoms with E-state index in [2.05, 4.69) is 24.5 Å². The standard InChI is InChI=1S/C12H26N2O/c1-10(14-9-11(2)15-3)8-12-6-4-5-7-13-12/h10-14H,4-9H2,1-3H3. The van der Waals surface area contributed by atoms with Gasteiger partial charge in [-0.3, -0.25) is 0 Å². The molecule has 0 aromatic carbocycles. The zero-order valence-corrected chi connectivity index (χ0v) is 10.4. The molecule has 0 saturated carbocycles. The normalized spacial score (nSPS) is 26.2. The zero-order chi connectivity index (χ0) is 11.1. The van der Waals surface area contributed by atoms with Crippen LogP contribution < -0.4 is 10.6 Å². The van der Waals surface area contributed by atoms with Crippen molar-refractivity contribution in [2.45, 2.75) is 57.7 Å². The maximum absolute atomic E-state index is 5.21. The van der Waals surface area contributed by atoms with Crippen molar-refractivity contribution in [2.75, 3.05) is 20.2 Å². The van der Waals surface area contributed by atoms with Gasteiger partial charge >= 0.3 is 0 Å². The third-order valence-electron chi connectivity index (χ3n) is 3.21. The van der Waals surface area contributed by atoms with Gasteiger partial charge in [-0.1, -0.05) is 6.42 Å². The fourth-order valence-electron chi connectivity index (χ4n) is 2.09. The van der Waals surface area contributed by atoms with E-state index in [0.29, 0.717) is 12.1 Å². The van der Waals surface area contributed by atoms with Crippen LogP contribution in [0.25, 0.3) is 0 Å². The van der Waals surface area contributed by atoms with Crippen LogP contribution >= 0.6 is 0 Å². The fourth-order valence-corrected chi connectivity index (χ4v) is 2.09. The number of nitrogens with one attached hydrogen (secondary N) is 2. The molecular weight excluding hydrogens is 188 g/mol. The molecule has 1 saturated heterocycles. The molecule has 1 fully saturated rings. The van der Waals surface area contributed by atoms with E-state index in [4.69, 9.17) is 4.74 Å². The van der Waals surface area contributed by atoms with E-state index in [0.717, 1.165) is 12.6 Å². The summed E-state index contributed by atoms with van der Waals surface area (Å²) in [7, 11) is 1.76. The van der Waals surface area contributed by atoms with Crippen LogP contribution in [0, 0.1) is 0 Å². The van der Waals surface area contributed by atoms with E-state index >= 15 is 0 Å². The Kier molecular flexibility index (Phi) is 6.22. The van der Waals surface area contributed by atoms with Gasteiger partial charge in [0.15, 0.2) is 0 Å². The molecule has 0 aliphatic carbocycles. The van der Waals surface area contributed by atoms with E-state index in [9.17, 15) is 0 Å². The number of hydrogen-bond acceptors (Lipinski definition) is 3. The number of hydrogen-bond donors (Lipinski definition) is 2. The molecule has 90 valence electrons. The van der Waals surface area contributed by atoms with Crippen molar-refractivity contribution in [1.82, 2.24) is 10.6 Å². The monoisotopic (exact) mass is 214 g/mol. The zero-order valence-electron chi connectivity index (χ0n) is 10.4. The van der Waals surface area contributed by atoms with Gasteiger partial charge in [0, 0.05) is 25.7 Å². The van der Waals surface area contributed by atoms with Gasteiger partial charge in [0.1, 0.15) is 0 Å². The molecule has 1 heterocycles. The Morgan fingerprint density at radius 2 is 2.20 bits per heavy atom. The third-order valence-corrected chi connectivity index (χ3v) is 3.21. The summed E-state index contributed by atoms with van der Waals surface area (Å²) in [6, 6.07) is 1.30. The molecular formula is C12H26N2O. The van der Waals surface area contributed by atoms with Crippen LogP contribution in [0.2, 0.25) is 0 Å². The van der Waals surface area contributed by atoms with Gasteiger partial charge in [0.05, 0.1) is 6.10 Å². The quantitative estimate of drug-likeness (QED) is 0.703. The maximum Gasteiger partial charge on any atom is 0.0667 e. The van der Waals surface area contributed by atoms with Gasteiger partial charge in [-0.15, -0.1) is 0 Å². The van der Waals surface area contributed by atoms with Crippen molar-refractivity contribution in [3.8, 4) is 0 Å². The molecule has 15 heavy (non-hydrogen) atoms. The molecule has 2 N–H and O–H groups in total. The molecule has 0 aromatic rings. The Morgan fingerprint density at radius 1 is 1.40 bits per heavy atom. The molecule has 1 aliphatic heterocycles. The lowest BCUT2D eigenvalue weighted by Crippen LogP contribution is -2.41. The van der Waals surface area contributed by atoms with Crippen molar-refractivity contribution >= 4 is 0 Å². The SMILES string of the molecule is COC(C)CNC(C)CC1CCCCN1. The molecule has 0 radical (unpaired) electrons. The average molecular weight is 214 g/mol. The second-order valence-electron chi connectivity index (χ2n) is 4.74. The maximum atomic E-state index is 5.21. The van der Waals surface area contributed by atoms with Crippen LogP contribution in [0.1, 0.15) is 39.5 Å². The minimum absolute atomic E-state index is 0.312. The van der Waals surface area contributed by atoms with Gasteiger partial charge < -0.3 is 15.4 Å². The molecule has 3 unspecified atom stereocenters. The molecule has 1 rings (SSSR count). The van der Waals surface area contributed by atoms with Crippen LogP contribution in [0.5, 0.6) is 0 Å².